The normalized spacial score (nSPS) is 14.4. The van der Waals surface area contributed by atoms with Crippen molar-refractivity contribution in [1.29, 1.82) is 0 Å². The number of pyridine rings is 1. The van der Waals surface area contributed by atoms with Crippen molar-refractivity contribution in [3.8, 4) is 11.6 Å². The molecule has 0 radical (unpaired) electrons. The van der Waals surface area contributed by atoms with E-state index in [1.54, 1.807) is 25.4 Å². The molecule has 5 nitrogen and oxygen atoms in total. The Hall–Kier alpha value is -2.63. The summed E-state index contributed by atoms with van der Waals surface area (Å²) in [4.78, 5) is 8.43. The number of hydrogen-bond acceptors (Lipinski definition) is 3. The van der Waals surface area contributed by atoms with Crippen molar-refractivity contribution in [3.63, 3.8) is 0 Å². The van der Waals surface area contributed by atoms with Crippen LogP contribution >= 0.6 is 0 Å². The summed E-state index contributed by atoms with van der Waals surface area (Å²) in [7, 11) is 1.74. The molecule has 1 heterocycles. The van der Waals surface area contributed by atoms with E-state index in [0.29, 0.717) is 24.2 Å². The van der Waals surface area contributed by atoms with Crippen LogP contribution in [-0.2, 0) is 6.54 Å². The number of nitrogens with one attached hydrogen (secondary N) is 2. The fourth-order valence-corrected chi connectivity index (χ4v) is 2.09. The van der Waals surface area contributed by atoms with Crippen LogP contribution in [0, 0.1) is 5.82 Å². The van der Waals surface area contributed by atoms with Crippen LogP contribution in [0.4, 0.5) is 4.39 Å². The third-order valence-corrected chi connectivity index (χ3v) is 3.45. The van der Waals surface area contributed by atoms with Gasteiger partial charge in [0.15, 0.2) is 5.96 Å². The second kappa shape index (κ2) is 7.09. The first-order valence-corrected chi connectivity index (χ1v) is 7.59. The minimum atomic E-state index is -0.341. The predicted molar refractivity (Wildman–Crippen MR) is 87.1 cm³/mol. The molecular weight excluding hydrogens is 295 g/mol. The van der Waals surface area contributed by atoms with Crippen LogP contribution in [0.15, 0.2) is 47.6 Å². The van der Waals surface area contributed by atoms with Gasteiger partial charge in [0.25, 0.3) is 0 Å². The van der Waals surface area contributed by atoms with E-state index in [-0.39, 0.29) is 5.82 Å². The molecule has 1 fully saturated rings. The Morgan fingerprint density at radius 1 is 1.35 bits per heavy atom. The van der Waals surface area contributed by atoms with Crippen LogP contribution in [0.1, 0.15) is 18.4 Å². The lowest BCUT2D eigenvalue weighted by atomic mass is 10.2. The quantitative estimate of drug-likeness (QED) is 0.658. The molecule has 1 saturated carbocycles. The van der Waals surface area contributed by atoms with Gasteiger partial charge in [-0.15, -0.1) is 0 Å². The van der Waals surface area contributed by atoms with Gasteiger partial charge in [0.1, 0.15) is 11.6 Å². The van der Waals surface area contributed by atoms with E-state index in [0.717, 1.165) is 11.5 Å². The van der Waals surface area contributed by atoms with E-state index >= 15 is 0 Å². The first kappa shape index (κ1) is 15.3. The van der Waals surface area contributed by atoms with Crippen molar-refractivity contribution in [2.24, 2.45) is 4.99 Å². The molecule has 1 aromatic carbocycles. The van der Waals surface area contributed by atoms with Gasteiger partial charge in [0.2, 0.25) is 5.88 Å². The number of halogens is 1. The van der Waals surface area contributed by atoms with Crippen LogP contribution in [0.5, 0.6) is 11.6 Å². The molecule has 2 N–H and O–H groups in total. The number of nitrogens with zero attached hydrogens (tertiary/aromatic N) is 2. The Labute approximate surface area is 134 Å². The van der Waals surface area contributed by atoms with Crippen LogP contribution in [0.25, 0.3) is 0 Å². The van der Waals surface area contributed by atoms with Crippen LogP contribution in [-0.4, -0.2) is 24.0 Å². The van der Waals surface area contributed by atoms with Gasteiger partial charge in [-0.3, -0.25) is 4.99 Å². The highest BCUT2D eigenvalue weighted by atomic mass is 19.1. The molecular formula is C17H19FN4O. The van der Waals surface area contributed by atoms with Crippen LogP contribution in [0.2, 0.25) is 0 Å². The molecule has 120 valence electrons. The van der Waals surface area contributed by atoms with E-state index in [1.165, 1.54) is 25.0 Å². The van der Waals surface area contributed by atoms with E-state index in [2.05, 4.69) is 20.6 Å². The number of ether oxygens (including phenoxy) is 1. The minimum Gasteiger partial charge on any atom is -0.439 e. The van der Waals surface area contributed by atoms with Gasteiger partial charge in [-0.25, -0.2) is 9.37 Å². The van der Waals surface area contributed by atoms with E-state index in [4.69, 9.17) is 4.74 Å². The highest BCUT2D eigenvalue weighted by Crippen LogP contribution is 2.23. The summed E-state index contributed by atoms with van der Waals surface area (Å²) in [5.41, 5.74) is 0.871. The molecule has 3 rings (SSSR count). The van der Waals surface area contributed by atoms with Crippen LogP contribution in [0.3, 0.4) is 0 Å². The SMILES string of the molecule is CN=C(NCc1cccnc1Oc1cccc(F)c1)NC1CC1. The average molecular weight is 314 g/mol. The maximum absolute atomic E-state index is 13.3. The topological polar surface area (TPSA) is 58.5 Å². The number of rotatable bonds is 5. The van der Waals surface area contributed by atoms with Crippen molar-refractivity contribution in [3.05, 3.63) is 54.0 Å². The van der Waals surface area contributed by atoms with Gasteiger partial charge in [-0.2, -0.15) is 0 Å². The Morgan fingerprint density at radius 2 is 2.22 bits per heavy atom. The highest BCUT2D eigenvalue weighted by molar-refractivity contribution is 5.80. The first-order chi connectivity index (χ1) is 11.2. The first-order valence-electron chi connectivity index (χ1n) is 7.59. The zero-order valence-corrected chi connectivity index (χ0v) is 12.9. The second-order valence-electron chi connectivity index (χ2n) is 5.37. The molecule has 1 aromatic heterocycles. The third-order valence-electron chi connectivity index (χ3n) is 3.45. The van der Waals surface area contributed by atoms with E-state index < -0.39 is 0 Å². The van der Waals surface area contributed by atoms with Gasteiger partial charge >= 0.3 is 0 Å². The molecule has 1 aliphatic rings. The Bertz CT molecular complexity index is 700. The van der Waals surface area contributed by atoms with Crippen molar-refractivity contribution < 1.29 is 9.13 Å². The number of aliphatic imine (C=N–C) groups is 1. The number of guanidine groups is 1. The summed E-state index contributed by atoms with van der Waals surface area (Å²) >= 11 is 0. The van der Waals surface area contributed by atoms with Gasteiger partial charge in [0, 0.05) is 37.5 Å². The lowest BCUT2D eigenvalue weighted by molar-refractivity contribution is 0.450. The van der Waals surface area contributed by atoms with E-state index in [9.17, 15) is 4.39 Å². The molecule has 0 aliphatic heterocycles. The molecule has 0 atom stereocenters. The molecule has 0 unspecified atom stereocenters. The monoisotopic (exact) mass is 314 g/mol. The molecule has 1 aliphatic carbocycles. The van der Waals surface area contributed by atoms with Gasteiger partial charge in [-0.1, -0.05) is 12.1 Å². The van der Waals surface area contributed by atoms with Gasteiger partial charge < -0.3 is 15.4 Å². The molecule has 0 amide bonds. The van der Waals surface area contributed by atoms with Crippen LogP contribution < -0.4 is 15.4 Å². The number of hydrogen-bond donors (Lipinski definition) is 2. The number of benzene rings is 1. The van der Waals surface area contributed by atoms with Crippen molar-refractivity contribution in [2.45, 2.75) is 25.4 Å². The Kier molecular flexibility index (Phi) is 4.71. The molecule has 0 saturated heterocycles. The summed E-state index contributed by atoms with van der Waals surface area (Å²) in [5.74, 6) is 1.29. The lowest BCUT2D eigenvalue weighted by Crippen LogP contribution is -2.38. The fourth-order valence-electron chi connectivity index (χ4n) is 2.09. The minimum absolute atomic E-state index is 0.341. The summed E-state index contributed by atoms with van der Waals surface area (Å²) in [5, 5.41) is 6.55. The molecule has 2 aromatic rings. The highest BCUT2D eigenvalue weighted by Gasteiger charge is 2.22. The maximum Gasteiger partial charge on any atom is 0.224 e. The van der Waals surface area contributed by atoms with E-state index in [1.807, 2.05) is 12.1 Å². The second-order valence-corrected chi connectivity index (χ2v) is 5.37. The molecule has 0 bridgehead atoms. The van der Waals surface area contributed by atoms with Gasteiger partial charge in [0.05, 0.1) is 0 Å². The van der Waals surface area contributed by atoms with Crippen molar-refractivity contribution >= 4 is 5.96 Å². The molecule has 23 heavy (non-hydrogen) atoms. The summed E-state index contributed by atoms with van der Waals surface area (Å²) in [6.07, 6.45) is 4.01. The molecule has 6 heteroatoms. The third kappa shape index (κ3) is 4.42. The van der Waals surface area contributed by atoms with Crippen molar-refractivity contribution in [2.75, 3.05) is 7.05 Å². The Balaban J connectivity index is 1.67. The largest absolute Gasteiger partial charge is 0.439 e. The predicted octanol–water partition coefficient (Wildman–Crippen LogP) is 2.84. The standard InChI is InChI=1S/C17H19FN4O/c1-19-17(22-14-7-8-14)21-11-12-4-3-9-20-16(12)23-15-6-2-5-13(18)10-15/h2-6,9-10,14H,7-8,11H2,1H3,(H2,19,21,22). The molecule has 0 spiro atoms. The van der Waals surface area contributed by atoms with Gasteiger partial charge in [-0.05, 0) is 31.0 Å². The summed E-state index contributed by atoms with van der Waals surface area (Å²) < 4.78 is 19.0. The summed E-state index contributed by atoms with van der Waals surface area (Å²) in [6, 6.07) is 10.3. The number of aromatic nitrogens is 1. The van der Waals surface area contributed by atoms with Crippen molar-refractivity contribution in [1.82, 2.24) is 15.6 Å². The zero-order chi connectivity index (χ0) is 16.1. The average Bonchev–Trinajstić information content (AvgIpc) is 3.37. The smallest absolute Gasteiger partial charge is 0.224 e. The lowest BCUT2D eigenvalue weighted by Gasteiger charge is -2.13. The zero-order valence-electron chi connectivity index (χ0n) is 12.9. The fraction of sp³-hybridized carbons (Fsp3) is 0.294. The maximum atomic E-state index is 13.3. The Morgan fingerprint density at radius 3 is 2.96 bits per heavy atom. The summed E-state index contributed by atoms with van der Waals surface area (Å²) in [6.45, 7) is 0.519.